The van der Waals surface area contributed by atoms with Crippen LogP contribution in [0.15, 0.2) is 95.4 Å². The zero-order valence-corrected chi connectivity index (χ0v) is 18.6. The monoisotopic (exact) mass is 484 g/mol. The van der Waals surface area contributed by atoms with Gasteiger partial charge in [0.05, 0.1) is 22.8 Å². The molecule has 1 aliphatic rings. The maximum atomic E-state index is 10.7. The summed E-state index contributed by atoms with van der Waals surface area (Å²) in [5, 5.41) is 0. The predicted octanol–water partition coefficient (Wildman–Crippen LogP) is 6.71. The van der Waals surface area contributed by atoms with Crippen molar-refractivity contribution in [3.8, 4) is 33.8 Å². The normalized spacial score (nSPS) is 12.7. The molecule has 0 fully saturated rings. The van der Waals surface area contributed by atoms with Crippen LogP contribution in [0.1, 0.15) is 11.1 Å². The highest BCUT2D eigenvalue weighted by atomic mass is 32.2. The summed E-state index contributed by atoms with van der Waals surface area (Å²) in [7, 11) is -6.09. The van der Waals surface area contributed by atoms with Gasteiger partial charge in [-0.3, -0.25) is 0 Å². The molecule has 0 amide bonds. The third kappa shape index (κ3) is 5.03. The van der Waals surface area contributed by atoms with Gasteiger partial charge in [0.2, 0.25) is 0 Å². The van der Waals surface area contributed by atoms with E-state index in [9.17, 15) is 13.2 Å². The standard InChI is InChI=1S/C25H19O.CHF3O3S/c1-3-9-18(10-4-1)23-17-24(20-12-5-2-6-13-20)26-25-21-14-8-7-11-19(21)15-16-22(23)25;2-1(3,4)8(5,6)7/h1-14,17H,15-16H2;(H,5,6,7)/q+1;/p-1. The highest BCUT2D eigenvalue weighted by Crippen LogP contribution is 2.41. The fourth-order valence-electron chi connectivity index (χ4n) is 3.85. The summed E-state index contributed by atoms with van der Waals surface area (Å²) in [6.07, 6.45) is 2.07. The molecule has 174 valence electrons. The molecule has 0 atom stereocenters. The smallest absolute Gasteiger partial charge is 0.485 e. The maximum absolute atomic E-state index is 10.7. The summed E-state index contributed by atoms with van der Waals surface area (Å²) < 4.78 is 65.4. The second-order valence-electron chi connectivity index (χ2n) is 7.62. The number of rotatable bonds is 2. The Labute approximate surface area is 195 Å². The first-order valence-electron chi connectivity index (χ1n) is 10.4. The third-order valence-electron chi connectivity index (χ3n) is 5.42. The second-order valence-corrected chi connectivity index (χ2v) is 8.99. The van der Waals surface area contributed by atoms with E-state index in [0.29, 0.717) is 0 Å². The molecule has 0 unspecified atom stereocenters. The molecule has 0 N–H and O–H groups in total. The number of benzene rings is 3. The van der Waals surface area contributed by atoms with Crippen LogP contribution in [0.3, 0.4) is 0 Å². The van der Waals surface area contributed by atoms with Crippen molar-refractivity contribution in [2.75, 3.05) is 0 Å². The minimum atomic E-state index is -6.09. The van der Waals surface area contributed by atoms with Gasteiger partial charge in [-0.05, 0) is 42.2 Å². The largest absolute Gasteiger partial charge is 0.741 e. The SMILES string of the molecule is O=S(=O)([O-])C(F)(F)F.c1ccc(-c2cc(-c3ccccc3)c3c([o+]2)-c2ccccc2CC3)cc1. The van der Waals surface area contributed by atoms with Gasteiger partial charge in [0, 0.05) is 5.56 Å². The average molecular weight is 484 g/mol. The number of halogens is 3. The van der Waals surface area contributed by atoms with Gasteiger partial charge in [-0.25, -0.2) is 12.8 Å². The topological polar surface area (TPSA) is 68.5 Å². The Morgan fingerprint density at radius 1 is 0.735 bits per heavy atom. The van der Waals surface area contributed by atoms with Crippen LogP contribution < -0.4 is 0 Å². The zero-order valence-electron chi connectivity index (χ0n) is 17.7. The summed E-state index contributed by atoms with van der Waals surface area (Å²) in [5.74, 6) is 1.94. The van der Waals surface area contributed by atoms with Crippen molar-refractivity contribution in [1.82, 2.24) is 0 Å². The van der Waals surface area contributed by atoms with E-state index in [0.717, 1.165) is 29.9 Å². The Bertz CT molecular complexity index is 1380. The van der Waals surface area contributed by atoms with E-state index in [2.05, 4.69) is 84.9 Å². The molecule has 0 saturated carbocycles. The van der Waals surface area contributed by atoms with E-state index in [-0.39, 0.29) is 0 Å². The van der Waals surface area contributed by atoms with Gasteiger partial charge < -0.3 is 4.55 Å². The fraction of sp³-hybridized carbons (Fsp3) is 0.115. The van der Waals surface area contributed by atoms with Gasteiger partial charge in [-0.15, -0.1) is 0 Å². The van der Waals surface area contributed by atoms with Crippen molar-refractivity contribution in [2.45, 2.75) is 18.3 Å². The van der Waals surface area contributed by atoms with Crippen LogP contribution >= 0.6 is 0 Å². The Morgan fingerprint density at radius 3 is 1.85 bits per heavy atom. The van der Waals surface area contributed by atoms with Crippen LogP contribution in [0.5, 0.6) is 0 Å². The Morgan fingerprint density at radius 2 is 1.26 bits per heavy atom. The Balaban J connectivity index is 0.000000297. The van der Waals surface area contributed by atoms with Crippen molar-refractivity contribution in [2.24, 2.45) is 0 Å². The molecule has 34 heavy (non-hydrogen) atoms. The summed E-state index contributed by atoms with van der Waals surface area (Å²) in [5.41, 5.74) is 1.89. The van der Waals surface area contributed by atoms with Crippen LogP contribution in [-0.2, 0) is 23.0 Å². The molecule has 0 spiro atoms. The number of alkyl halides is 3. The first-order chi connectivity index (χ1) is 16.1. The lowest BCUT2D eigenvalue weighted by atomic mass is 9.85. The summed E-state index contributed by atoms with van der Waals surface area (Å²) >= 11 is 0. The second kappa shape index (κ2) is 9.40. The van der Waals surface area contributed by atoms with Gasteiger partial charge in [-0.2, -0.15) is 13.2 Å². The molecule has 3 aromatic carbocycles. The highest BCUT2D eigenvalue weighted by Gasteiger charge is 2.37. The van der Waals surface area contributed by atoms with Crippen LogP contribution in [0.4, 0.5) is 13.2 Å². The molecule has 0 bridgehead atoms. The van der Waals surface area contributed by atoms with E-state index in [1.54, 1.807) is 0 Å². The molecule has 1 aromatic heterocycles. The van der Waals surface area contributed by atoms with Crippen molar-refractivity contribution in [3.05, 3.63) is 102 Å². The minimum Gasteiger partial charge on any atom is -0.741 e. The van der Waals surface area contributed by atoms with Crippen LogP contribution in [0.25, 0.3) is 33.8 Å². The molecule has 1 heterocycles. The van der Waals surface area contributed by atoms with E-state index in [4.69, 9.17) is 17.4 Å². The van der Waals surface area contributed by atoms with Gasteiger partial charge >= 0.3 is 17.0 Å². The van der Waals surface area contributed by atoms with Crippen LogP contribution in [0.2, 0.25) is 0 Å². The maximum Gasteiger partial charge on any atom is 0.485 e. The molecular formula is C26H19F3O4S. The van der Waals surface area contributed by atoms with E-state index in [1.165, 1.54) is 27.8 Å². The summed E-state index contributed by atoms with van der Waals surface area (Å²) in [4.78, 5) is 0. The number of hydrogen-bond donors (Lipinski definition) is 0. The summed E-state index contributed by atoms with van der Waals surface area (Å²) in [6, 6.07) is 31.8. The lowest BCUT2D eigenvalue weighted by molar-refractivity contribution is -0.0517. The molecule has 0 radical (unpaired) electrons. The molecule has 5 rings (SSSR count). The molecule has 4 nitrogen and oxygen atoms in total. The van der Waals surface area contributed by atoms with E-state index < -0.39 is 15.6 Å². The van der Waals surface area contributed by atoms with Crippen LogP contribution in [-0.4, -0.2) is 18.5 Å². The van der Waals surface area contributed by atoms with Crippen molar-refractivity contribution in [1.29, 1.82) is 0 Å². The van der Waals surface area contributed by atoms with Gasteiger partial charge in [0.15, 0.2) is 10.1 Å². The van der Waals surface area contributed by atoms with Gasteiger partial charge in [-0.1, -0.05) is 66.7 Å². The molecular weight excluding hydrogens is 465 g/mol. The molecule has 1 aliphatic carbocycles. The average Bonchev–Trinajstić information content (AvgIpc) is 2.83. The molecule has 0 aliphatic heterocycles. The highest BCUT2D eigenvalue weighted by molar-refractivity contribution is 7.86. The zero-order chi connectivity index (χ0) is 24.3. The summed E-state index contributed by atoms with van der Waals surface area (Å²) in [6.45, 7) is 0. The molecule has 0 saturated heterocycles. The quantitative estimate of drug-likeness (QED) is 0.180. The number of aryl methyl sites for hydroxylation is 1. The van der Waals surface area contributed by atoms with Crippen molar-refractivity contribution in [3.63, 3.8) is 0 Å². The Kier molecular flexibility index (Phi) is 6.54. The predicted molar refractivity (Wildman–Crippen MR) is 123 cm³/mol. The van der Waals surface area contributed by atoms with Gasteiger partial charge in [0.1, 0.15) is 0 Å². The van der Waals surface area contributed by atoms with Crippen molar-refractivity contribution < 1.29 is 30.6 Å². The van der Waals surface area contributed by atoms with E-state index >= 15 is 0 Å². The fourth-order valence-corrected chi connectivity index (χ4v) is 3.85. The molecule has 8 heteroatoms. The first kappa shape index (κ1) is 23.7. The lowest BCUT2D eigenvalue weighted by Crippen LogP contribution is -2.21. The lowest BCUT2D eigenvalue weighted by Gasteiger charge is -2.16. The number of fused-ring (bicyclic) bond motifs is 3. The minimum absolute atomic E-state index is 0.917. The molecule has 4 aromatic rings. The third-order valence-corrected chi connectivity index (χ3v) is 5.99. The van der Waals surface area contributed by atoms with Crippen molar-refractivity contribution >= 4 is 10.1 Å². The number of hydrogen-bond acceptors (Lipinski definition) is 3. The van der Waals surface area contributed by atoms with Gasteiger partial charge in [0.25, 0.3) is 0 Å². The first-order valence-corrected chi connectivity index (χ1v) is 11.8. The Hall–Kier alpha value is -3.49. The van der Waals surface area contributed by atoms with Crippen LogP contribution in [0, 0.1) is 0 Å². The van der Waals surface area contributed by atoms with E-state index in [1.807, 2.05) is 6.07 Å².